The fraction of sp³-hybridized carbons (Fsp3) is 0.455. The second-order valence-corrected chi connectivity index (χ2v) is 4.41. The van der Waals surface area contributed by atoms with E-state index in [1.165, 1.54) is 12.7 Å². The van der Waals surface area contributed by atoms with E-state index in [4.69, 9.17) is 0 Å². The molecule has 3 nitrogen and oxygen atoms in total. The van der Waals surface area contributed by atoms with Gasteiger partial charge in [0.2, 0.25) is 0 Å². The van der Waals surface area contributed by atoms with Gasteiger partial charge in [-0.3, -0.25) is 4.79 Å². The van der Waals surface area contributed by atoms with Crippen LogP contribution >= 0.6 is 11.8 Å². The van der Waals surface area contributed by atoms with Crippen LogP contribution in [-0.2, 0) is 9.53 Å². The van der Waals surface area contributed by atoms with E-state index < -0.39 is 0 Å². The summed E-state index contributed by atoms with van der Waals surface area (Å²) >= 11 is 1.58. The summed E-state index contributed by atoms with van der Waals surface area (Å²) in [7, 11) is 1.40. The molecular weight excluding hydrogens is 210 g/mol. The van der Waals surface area contributed by atoms with Gasteiger partial charge in [-0.25, -0.2) is 4.98 Å². The number of rotatable bonds is 4. The molecule has 0 amide bonds. The second kappa shape index (κ2) is 5.75. The lowest BCUT2D eigenvalue weighted by Gasteiger charge is -2.03. The maximum absolute atomic E-state index is 10.9. The molecule has 1 rings (SSSR count). The molecule has 0 aliphatic heterocycles. The standard InChI is InChI=1S/C11H15NO2S/c1-8-6-9(2)12-10(7-8)15-5-4-11(13)14-3/h6-7H,4-5H2,1-3H3. The Hall–Kier alpha value is -1.03. The van der Waals surface area contributed by atoms with E-state index >= 15 is 0 Å². The molecule has 15 heavy (non-hydrogen) atoms. The maximum Gasteiger partial charge on any atom is 0.306 e. The zero-order chi connectivity index (χ0) is 11.3. The third-order valence-corrected chi connectivity index (χ3v) is 2.77. The summed E-state index contributed by atoms with van der Waals surface area (Å²) < 4.78 is 4.56. The first-order valence-corrected chi connectivity index (χ1v) is 5.75. The van der Waals surface area contributed by atoms with E-state index in [0.717, 1.165) is 10.7 Å². The Kier molecular flexibility index (Phi) is 4.62. The summed E-state index contributed by atoms with van der Waals surface area (Å²) in [6.07, 6.45) is 0.426. The SMILES string of the molecule is COC(=O)CCSc1cc(C)cc(C)n1. The lowest BCUT2D eigenvalue weighted by molar-refractivity contribution is -0.140. The summed E-state index contributed by atoms with van der Waals surface area (Å²) in [6, 6.07) is 4.05. The molecule has 1 aromatic heterocycles. The Balaban J connectivity index is 2.47. The fourth-order valence-corrected chi connectivity index (χ4v) is 2.17. The average Bonchev–Trinajstić information content (AvgIpc) is 2.16. The van der Waals surface area contributed by atoms with Gasteiger partial charge in [0.25, 0.3) is 0 Å². The van der Waals surface area contributed by atoms with Crippen LogP contribution in [0, 0.1) is 13.8 Å². The van der Waals surface area contributed by atoms with Crippen LogP contribution in [-0.4, -0.2) is 23.8 Å². The second-order valence-electron chi connectivity index (χ2n) is 3.30. The van der Waals surface area contributed by atoms with E-state index in [1.807, 2.05) is 26.0 Å². The number of ether oxygens (including phenoxy) is 1. The van der Waals surface area contributed by atoms with Gasteiger partial charge in [-0.1, -0.05) is 0 Å². The van der Waals surface area contributed by atoms with Gasteiger partial charge in [-0.05, 0) is 31.5 Å². The number of carbonyl (C=O) groups excluding carboxylic acids is 1. The molecule has 0 aliphatic rings. The number of thioether (sulfide) groups is 1. The van der Waals surface area contributed by atoms with Crippen LogP contribution in [0.15, 0.2) is 17.2 Å². The van der Waals surface area contributed by atoms with E-state index in [9.17, 15) is 4.79 Å². The predicted molar refractivity (Wildman–Crippen MR) is 61.1 cm³/mol. The molecule has 0 atom stereocenters. The molecular formula is C11H15NO2S. The van der Waals surface area contributed by atoms with Crippen molar-refractivity contribution in [3.05, 3.63) is 23.4 Å². The molecule has 1 heterocycles. The highest BCUT2D eigenvalue weighted by atomic mass is 32.2. The molecule has 0 aliphatic carbocycles. The zero-order valence-electron chi connectivity index (χ0n) is 9.24. The number of pyridine rings is 1. The number of hydrogen-bond acceptors (Lipinski definition) is 4. The van der Waals surface area contributed by atoms with Crippen LogP contribution < -0.4 is 0 Å². The fourth-order valence-electron chi connectivity index (χ4n) is 1.22. The van der Waals surface area contributed by atoms with Gasteiger partial charge in [0.15, 0.2) is 0 Å². The van der Waals surface area contributed by atoms with Crippen molar-refractivity contribution in [3.63, 3.8) is 0 Å². The highest BCUT2D eigenvalue weighted by Gasteiger charge is 2.02. The maximum atomic E-state index is 10.9. The minimum atomic E-state index is -0.174. The molecule has 0 bridgehead atoms. The summed E-state index contributed by atoms with van der Waals surface area (Å²) in [4.78, 5) is 15.2. The highest BCUT2D eigenvalue weighted by molar-refractivity contribution is 7.99. The van der Waals surface area contributed by atoms with Crippen molar-refractivity contribution < 1.29 is 9.53 Å². The van der Waals surface area contributed by atoms with Crippen molar-refractivity contribution in [2.45, 2.75) is 25.3 Å². The lowest BCUT2D eigenvalue weighted by Crippen LogP contribution is -2.01. The van der Waals surface area contributed by atoms with E-state index in [1.54, 1.807) is 11.8 Å². The first-order chi connectivity index (χ1) is 7.11. The van der Waals surface area contributed by atoms with Crippen LogP contribution in [0.4, 0.5) is 0 Å². The smallest absolute Gasteiger partial charge is 0.306 e. The first kappa shape index (κ1) is 12.0. The number of nitrogens with zero attached hydrogens (tertiary/aromatic N) is 1. The molecule has 0 N–H and O–H groups in total. The highest BCUT2D eigenvalue weighted by Crippen LogP contribution is 2.18. The third kappa shape index (κ3) is 4.34. The van der Waals surface area contributed by atoms with Gasteiger partial charge < -0.3 is 4.74 Å². The quantitative estimate of drug-likeness (QED) is 0.582. The topological polar surface area (TPSA) is 39.2 Å². The predicted octanol–water partition coefficient (Wildman–Crippen LogP) is 2.35. The first-order valence-electron chi connectivity index (χ1n) is 4.76. The molecule has 0 aromatic carbocycles. The summed E-state index contributed by atoms with van der Waals surface area (Å²) in [5, 5.41) is 0.969. The Morgan fingerprint density at radius 2 is 2.20 bits per heavy atom. The van der Waals surface area contributed by atoms with Gasteiger partial charge >= 0.3 is 5.97 Å². The molecule has 0 fully saturated rings. The Morgan fingerprint density at radius 3 is 2.80 bits per heavy atom. The monoisotopic (exact) mass is 225 g/mol. The van der Waals surface area contributed by atoms with Crippen molar-refractivity contribution in [1.82, 2.24) is 4.98 Å². The van der Waals surface area contributed by atoms with Crippen molar-refractivity contribution >= 4 is 17.7 Å². The summed E-state index contributed by atoms with van der Waals surface area (Å²) in [6.45, 7) is 4.01. The van der Waals surface area contributed by atoms with E-state index in [0.29, 0.717) is 12.2 Å². The van der Waals surface area contributed by atoms with Gasteiger partial charge in [-0.15, -0.1) is 11.8 Å². The van der Waals surface area contributed by atoms with Crippen LogP contribution in [0.1, 0.15) is 17.7 Å². The molecule has 0 spiro atoms. The minimum absolute atomic E-state index is 0.174. The van der Waals surface area contributed by atoms with Crippen molar-refractivity contribution in [1.29, 1.82) is 0 Å². The van der Waals surface area contributed by atoms with E-state index in [-0.39, 0.29) is 5.97 Å². The lowest BCUT2D eigenvalue weighted by atomic mass is 10.3. The van der Waals surface area contributed by atoms with Crippen molar-refractivity contribution in [2.24, 2.45) is 0 Å². The van der Waals surface area contributed by atoms with Gasteiger partial charge in [0, 0.05) is 11.4 Å². The average molecular weight is 225 g/mol. The molecule has 82 valence electrons. The molecule has 0 saturated carbocycles. The van der Waals surface area contributed by atoms with Crippen LogP contribution in [0.2, 0.25) is 0 Å². The van der Waals surface area contributed by atoms with Gasteiger partial charge in [0.05, 0.1) is 18.6 Å². The zero-order valence-corrected chi connectivity index (χ0v) is 10.1. The molecule has 0 unspecified atom stereocenters. The minimum Gasteiger partial charge on any atom is -0.469 e. The Labute approximate surface area is 94.2 Å². The number of carbonyl (C=O) groups is 1. The molecule has 1 aromatic rings. The third-order valence-electron chi connectivity index (χ3n) is 1.86. The number of methoxy groups -OCH3 is 1. The summed E-state index contributed by atoms with van der Waals surface area (Å²) in [5.74, 6) is 0.537. The van der Waals surface area contributed by atoms with Gasteiger partial charge in [0.1, 0.15) is 0 Å². The van der Waals surface area contributed by atoms with Crippen molar-refractivity contribution in [2.75, 3.05) is 12.9 Å². The molecule has 0 radical (unpaired) electrons. The molecule has 0 saturated heterocycles. The number of aromatic nitrogens is 1. The van der Waals surface area contributed by atoms with Crippen LogP contribution in [0.5, 0.6) is 0 Å². The normalized spacial score (nSPS) is 10.1. The van der Waals surface area contributed by atoms with Crippen LogP contribution in [0.25, 0.3) is 0 Å². The number of esters is 1. The van der Waals surface area contributed by atoms with Crippen LogP contribution in [0.3, 0.4) is 0 Å². The van der Waals surface area contributed by atoms with Gasteiger partial charge in [-0.2, -0.15) is 0 Å². The molecule has 4 heteroatoms. The Morgan fingerprint density at radius 1 is 1.47 bits per heavy atom. The number of hydrogen-bond donors (Lipinski definition) is 0. The summed E-state index contributed by atoms with van der Waals surface area (Å²) in [5.41, 5.74) is 2.21. The van der Waals surface area contributed by atoms with Crippen molar-refractivity contribution in [3.8, 4) is 0 Å². The largest absolute Gasteiger partial charge is 0.469 e. The van der Waals surface area contributed by atoms with E-state index in [2.05, 4.69) is 9.72 Å². The number of aryl methyl sites for hydroxylation is 2. The Bertz CT molecular complexity index is 332.